The molecular weight excluding hydrogens is 513 g/mol. The van der Waals surface area contributed by atoms with Gasteiger partial charge in [-0.3, -0.25) is 23.9 Å². The maximum absolute atomic E-state index is 13.8. The number of benzene rings is 2. The standard InChI is InChI=1S/C28H25F3N4O4/c1-18(2)15-24(26(37)32-21-7-10-22(11-8-21)34-13-4-3-5-25(34)36)35(27(38)28(29,30)31)23-9-6-19-12-14-33(39)17-20(19)16-23/h3-14,16-18,24H,15H2,1-2H3,(H,32,37). The zero-order valence-electron chi connectivity index (χ0n) is 21.1. The van der Waals surface area contributed by atoms with Crippen molar-refractivity contribution in [1.29, 1.82) is 0 Å². The van der Waals surface area contributed by atoms with Crippen LogP contribution in [0.2, 0.25) is 0 Å². The minimum atomic E-state index is -5.26. The van der Waals surface area contributed by atoms with Crippen molar-refractivity contribution in [3.63, 3.8) is 0 Å². The quantitative estimate of drug-likeness (QED) is 0.275. The third-order valence-corrected chi connectivity index (χ3v) is 6.02. The van der Waals surface area contributed by atoms with E-state index in [1.165, 1.54) is 59.4 Å². The summed E-state index contributed by atoms with van der Waals surface area (Å²) < 4.78 is 43.2. The molecule has 0 bridgehead atoms. The highest BCUT2D eigenvalue weighted by Crippen LogP contribution is 2.31. The second kappa shape index (κ2) is 11.0. The average molecular weight is 539 g/mol. The predicted molar refractivity (Wildman–Crippen MR) is 140 cm³/mol. The smallest absolute Gasteiger partial charge is 0.471 e. The first-order chi connectivity index (χ1) is 18.4. The number of nitrogens with one attached hydrogen (secondary N) is 1. The van der Waals surface area contributed by atoms with Gasteiger partial charge in [-0.2, -0.15) is 17.9 Å². The Hall–Kier alpha value is -4.67. The number of carbonyl (C=O) groups is 2. The molecule has 2 amide bonds. The summed E-state index contributed by atoms with van der Waals surface area (Å²) in [5.74, 6) is -3.27. The van der Waals surface area contributed by atoms with Gasteiger partial charge in [-0.05, 0) is 60.2 Å². The highest BCUT2D eigenvalue weighted by atomic mass is 19.4. The lowest BCUT2D eigenvalue weighted by atomic mass is 9.99. The van der Waals surface area contributed by atoms with Crippen molar-refractivity contribution < 1.29 is 27.5 Å². The third kappa shape index (κ3) is 6.25. The summed E-state index contributed by atoms with van der Waals surface area (Å²) in [6, 6.07) is 14.9. The number of alkyl halides is 3. The molecule has 1 N–H and O–H groups in total. The molecule has 0 saturated heterocycles. The molecule has 39 heavy (non-hydrogen) atoms. The Morgan fingerprint density at radius 1 is 1.03 bits per heavy atom. The minimum absolute atomic E-state index is 0.0699. The normalized spacial score (nSPS) is 12.4. The van der Waals surface area contributed by atoms with Crippen LogP contribution in [-0.2, 0) is 9.59 Å². The second-order valence-electron chi connectivity index (χ2n) is 9.38. The zero-order valence-corrected chi connectivity index (χ0v) is 21.1. The average Bonchev–Trinajstić information content (AvgIpc) is 2.88. The van der Waals surface area contributed by atoms with Gasteiger partial charge in [-0.25, -0.2) is 0 Å². The maximum Gasteiger partial charge on any atom is 0.471 e. The number of carbonyl (C=O) groups excluding carboxylic acids is 2. The monoisotopic (exact) mass is 538 g/mol. The fraction of sp³-hybridized carbons (Fsp3) is 0.214. The van der Waals surface area contributed by atoms with Crippen molar-refractivity contribution in [2.75, 3.05) is 10.2 Å². The van der Waals surface area contributed by atoms with Crippen LogP contribution < -0.4 is 20.5 Å². The van der Waals surface area contributed by atoms with Crippen molar-refractivity contribution in [2.45, 2.75) is 32.5 Å². The van der Waals surface area contributed by atoms with Crippen LogP contribution in [0.4, 0.5) is 24.5 Å². The first kappa shape index (κ1) is 27.4. The van der Waals surface area contributed by atoms with Gasteiger partial charge in [0.2, 0.25) is 5.91 Å². The molecule has 0 aliphatic heterocycles. The molecule has 4 aromatic rings. The lowest BCUT2D eigenvalue weighted by Crippen LogP contribution is -2.52. The highest BCUT2D eigenvalue weighted by Gasteiger charge is 2.47. The van der Waals surface area contributed by atoms with E-state index in [2.05, 4.69) is 5.32 Å². The van der Waals surface area contributed by atoms with E-state index in [-0.39, 0.29) is 29.3 Å². The lowest BCUT2D eigenvalue weighted by molar-refractivity contribution is -0.603. The number of aromatic nitrogens is 2. The van der Waals surface area contributed by atoms with Crippen LogP contribution in [0.25, 0.3) is 16.5 Å². The summed E-state index contributed by atoms with van der Waals surface area (Å²) >= 11 is 0. The Morgan fingerprint density at radius 3 is 2.38 bits per heavy atom. The Bertz CT molecular complexity index is 1570. The summed E-state index contributed by atoms with van der Waals surface area (Å²) in [7, 11) is 0. The number of halogens is 3. The molecule has 202 valence electrons. The number of hydrogen-bond donors (Lipinski definition) is 1. The summed E-state index contributed by atoms with van der Waals surface area (Å²) in [5, 5.41) is 15.2. The molecule has 1 unspecified atom stereocenters. The van der Waals surface area contributed by atoms with Crippen LogP contribution in [0.15, 0.2) is 90.1 Å². The van der Waals surface area contributed by atoms with Gasteiger partial charge < -0.3 is 10.5 Å². The Labute approximate surface area is 221 Å². The number of anilines is 2. The largest absolute Gasteiger partial charge is 0.619 e. The predicted octanol–water partition coefficient (Wildman–Crippen LogP) is 4.57. The fourth-order valence-electron chi connectivity index (χ4n) is 4.23. The number of fused-ring (bicyclic) bond motifs is 1. The molecule has 2 aromatic heterocycles. The summed E-state index contributed by atoms with van der Waals surface area (Å²) in [4.78, 5) is 38.7. The zero-order chi connectivity index (χ0) is 28.3. The van der Waals surface area contributed by atoms with Gasteiger partial charge >= 0.3 is 12.1 Å². The van der Waals surface area contributed by atoms with Gasteiger partial charge in [-0.1, -0.05) is 26.0 Å². The maximum atomic E-state index is 13.8. The van der Waals surface area contributed by atoms with Crippen LogP contribution in [-0.4, -0.2) is 28.6 Å². The SMILES string of the molecule is CC(C)CC(C(=O)Nc1ccc(-n2ccccc2=O)cc1)N(C(=O)C(F)(F)F)c1ccc2cc[n+]([O-])cc2c1. The van der Waals surface area contributed by atoms with Gasteiger partial charge in [0.05, 0.1) is 0 Å². The fourth-order valence-corrected chi connectivity index (χ4v) is 4.23. The number of amides is 2. The lowest BCUT2D eigenvalue weighted by Gasteiger charge is -2.32. The van der Waals surface area contributed by atoms with E-state index >= 15 is 0 Å². The Morgan fingerprint density at radius 2 is 1.74 bits per heavy atom. The molecule has 0 radical (unpaired) electrons. The first-order valence-electron chi connectivity index (χ1n) is 12.1. The van der Waals surface area contributed by atoms with Crippen LogP contribution >= 0.6 is 0 Å². The van der Waals surface area contributed by atoms with Crippen LogP contribution in [0.1, 0.15) is 20.3 Å². The molecule has 0 fully saturated rings. The first-order valence-corrected chi connectivity index (χ1v) is 12.1. The highest BCUT2D eigenvalue weighted by molar-refractivity contribution is 6.07. The molecule has 1 atom stereocenters. The van der Waals surface area contributed by atoms with Crippen molar-refractivity contribution >= 4 is 34.0 Å². The van der Waals surface area contributed by atoms with Gasteiger partial charge in [0, 0.05) is 40.8 Å². The molecule has 2 aromatic carbocycles. The van der Waals surface area contributed by atoms with Crippen LogP contribution in [0.3, 0.4) is 0 Å². The van der Waals surface area contributed by atoms with E-state index in [0.29, 0.717) is 26.1 Å². The molecular formula is C28H25F3N4O4. The Balaban J connectivity index is 1.71. The molecule has 2 heterocycles. The number of nitrogens with zero attached hydrogens (tertiary/aromatic N) is 3. The van der Waals surface area contributed by atoms with Crippen molar-refractivity contribution in [3.8, 4) is 5.69 Å². The summed E-state index contributed by atoms with van der Waals surface area (Å²) in [5.41, 5.74) is 0.367. The Kier molecular flexibility index (Phi) is 7.70. The van der Waals surface area contributed by atoms with Gasteiger partial charge in [0.1, 0.15) is 6.04 Å². The summed E-state index contributed by atoms with van der Waals surface area (Å²) in [6.45, 7) is 3.45. The van der Waals surface area contributed by atoms with E-state index in [1.807, 2.05) is 0 Å². The van der Waals surface area contributed by atoms with Gasteiger partial charge in [-0.15, -0.1) is 0 Å². The number of rotatable bonds is 7. The number of pyridine rings is 2. The van der Waals surface area contributed by atoms with Gasteiger partial charge in [0.15, 0.2) is 12.4 Å². The summed E-state index contributed by atoms with van der Waals surface area (Å²) in [6.07, 6.45) is -1.34. The van der Waals surface area contributed by atoms with E-state index in [4.69, 9.17) is 0 Å². The van der Waals surface area contributed by atoms with Crippen molar-refractivity contribution in [2.24, 2.45) is 5.92 Å². The van der Waals surface area contributed by atoms with E-state index in [9.17, 15) is 32.8 Å². The molecule has 0 aliphatic carbocycles. The second-order valence-corrected chi connectivity index (χ2v) is 9.38. The topological polar surface area (TPSA) is 98.3 Å². The molecule has 8 nitrogen and oxygen atoms in total. The van der Waals surface area contributed by atoms with E-state index < -0.39 is 24.0 Å². The van der Waals surface area contributed by atoms with Crippen LogP contribution in [0, 0.1) is 11.1 Å². The van der Waals surface area contributed by atoms with E-state index in [0.717, 1.165) is 0 Å². The minimum Gasteiger partial charge on any atom is -0.619 e. The molecule has 11 heteroatoms. The molecule has 0 spiro atoms. The molecule has 0 aliphatic rings. The van der Waals surface area contributed by atoms with Crippen molar-refractivity contribution in [1.82, 2.24) is 4.57 Å². The third-order valence-electron chi connectivity index (χ3n) is 6.02. The van der Waals surface area contributed by atoms with Crippen molar-refractivity contribution in [3.05, 3.63) is 101 Å². The molecule has 0 saturated carbocycles. The molecule has 4 rings (SSSR count). The van der Waals surface area contributed by atoms with E-state index in [1.54, 1.807) is 44.3 Å². The van der Waals surface area contributed by atoms with Gasteiger partial charge in [0.25, 0.3) is 5.56 Å². The van der Waals surface area contributed by atoms with Crippen LogP contribution in [0.5, 0.6) is 0 Å². The number of hydrogen-bond acceptors (Lipinski definition) is 4.